The Kier molecular flexibility index (Phi) is 6.33. The topological polar surface area (TPSA) is 74.5 Å². The molecule has 1 N–H and O–H groups in total. The molecule has 6 heteroatoms. The number of halogens is 1. The zero-order chi connectivity index (χ0) is 16.5. The first-order valence-corrected chi connectivity index (χ1v) is 7.63. The van der Waals surface area contributed by atoms with E-state index in [0.29, 0.717) is 11.3 Å². The van der Waals surface area contributed by atoms with E-state index >= 15 is 0 Å². The second-order valence-electron chi connectivity index (χ2n) is 4.58. The summed E-state index contributed by atoms with van der Waals surface area (Å²) >= 11 is 3.35. The van der Waals surface area contributed by atoms with Crippen LogP contribution in [0, 0.1) is 11.3 Å². The third kappa shape index (κ3) is 5.57. The highest BCUT2D eigenvalue weighted by atomic mass is 79.9. The molecule has 0 radical (unpaired) electrons. The molecule has 116 valence electrons. The van der Waals surface area contributed by atoms with E-state index in [1.807, 2.05) is 36.4 Å². The van der Waals surface area contributed by atoms with Gasteiger partial charge in [0.15, 0.2) is 6.61 Å². The van der Waals surface area contributed by atoms with E-state index in [1.54, 1.807) is 18.2 Å². The lowest BCUT2D eigenvalue weighted by Crippen LogP contribution is -2.19. The molecule has 0 saturated heterocycles. The average Bonchev–Trinajstić information content (AvgIpc) is 2.56. The highest BCUT2D eigenvalue weighted by molar-refractivity contribution is 9.10. The van der Waals surface area contributed by atoms with E-state index in [0.717, 1.165) is 10.0 Å². The molecule has 2 aromatic rings. The van der Waals surface area contributed by atoms with Crippen molar-refractivity contribution in [3.63, 3.8) is 0 Å². The summed E-state index contributed by atoms with van der Waals surface area (Å²) in [6.45, 7) is -0.0409. The van der Waals surface area contributed by atoms with Crippen molar-refractivity contribution >= 4 is 28.1 Å². The predicted octanol–water partition coefficient (Wildman–Crippen LogP) is 3.04. The Labute approximate surface area is 142 Å². The molecule has 5 nitrogen and oxygen atoms in total. The SMILES string of the molecule is N#CCOc1ccccc1/C=N\NC(=O)Cc1ccc(Br)cc1. The summed E-state index contributed by atoms with van der Waals surface area (Å²) < 4.78 is 6.25. The molecular weight excluding hydrogens is 358 g/mol. The second kappa shape index (κ2) is 8.71. The molecule has 0 aliphatic heterocycles. The van der Waals surface area contributed by atoms with Gasteiger partial charge in [0.25, 0.3) is 0 Å². The fraction of sp³-hybridized carbons (Fsp3) is 0.118. The molecule has 0 aromatic heterocycles. The summed E-state index contributed by atoms with van der Waals surface area (Å²) in [6, 6.07) is 16.6. The molecule has 0 saturated carbocycles. The van der Waals surface area contributed by atoms with Gasteiger partial charge in [-0.25, -0.2) is 5.43 Å². The molecule has 2 aromatic carbocycles. The Hall–Kier alpha value is -2.65. The summed E-state index contributed by atoms with van der Waals surface area (Å²) in [5.74, 6) is 0.332. The summed E-state index contributed by atoms with van der Waals surface area (Å²) in [4.78, 5) is 11.8. The maximum atomic E-state index is 11.8. The fourth-order valence-electron chi connectivity index (χ4n) is 1.83. The fourth-order valence-corrected chi connectivity index (χ4v) is 2.09. The minimum absolute atomic E-state index is 0.0409. The largest absolute Gasteiger partial charge is 0.478 e. The van der Waals surface area contributed by atoms with E-state index in [1.165, 1.54) is 6.21 Å². The first-order valence-electron chi connectivity index (χ1n) is 6.84. The van der Waals surface area contributed by atoms with Crippen LogP contribution in [-0.4, -0.2) is 18.7 Å². The molecule has 0 atom stereocenters. The van der Waals surface area contributed by atoms with E-state index in [4.69, 9.17) is 10.00 Å². The van der Waals surface area contributed by atoms with Crippen LogP contribution in [0.25, 0.3) is 0 Å². The van der Waals surface area contributed by atoms with Crippen LogP contribution in [-0.2, 0) is 11.2 Å². The van der Waals surface area contributed by atoms with Gasteiger partial charge in [-0.2, -0.15) is 10.4 Å². The smallest absolute Gasteiger partial charge is 0.244 e. The van der Waals surface area contributed by atoms with Gasteiger partial charge in [-0.15, -0.1) is 0 Å². The molecule has 0 unspecified atom stereocenters. The normalized spacial score (nSPS) is 10.3. The first kappa shape index (κ1) is 16.7. The second-order valence-corrected chi connectivity index (χ2v) is 5.50. The van der Waals surface area contributed by atoms with Crippen molar-refractivity contribution < 1.29 is 9.53 Å². The molecule has 1 amide bonds. The van der Waals surface area contributed by atoms with Crippen molar-refractivity contribution in [2.45, 2.75) is 6.42 Å². The van der Waals surface area contributed by atoms with Gasteiger partial charge < -0.3 is 4.74 Å². The number of benzene rings is 2. The number of nitrogens with zero attached hydrogens (tertiary/aromatic N) is 2. The van der Waals surface area contributed by atoms with Gasteiger partial charge in [-0.1, -0.05) is 40.2 Å². The zero-order valence-electron chi connectivity index (χ0n) is 12.2. The molecule has 0 aliphatic carbocycles. The maximum Gasteiger partial charge on any atom is 0.244 e. The number of para-hydroxylation sites is 1. The van der Waals surface area contributed by atoms with Gasteiger partial charge in [0.05, 0.1) is 12.6 Å². The van der Waals surface area contributed by atoms with Crippen molar-refractivity contribution in [1.29, 1.82) is 5.26 Å². The third-order valence-electron chi connectivity index (χ3n) is 2.88. The number of hydrogen-bond acceptors (Lipinski definition) is 4. The summed E-state index contributed by atoms with van der Waals surface area (Å²) in [5, 5.41) is 12.5. The molecule has 0 heterocycles. The number of rotatable bonds is 6. The Bertz CT molecular complexity index is 736. The lowest BCUT2D eigenvalue weighted by Gasteiger charge is -2.05. The predicted molar refractivity (Wildman–Crippen MR) is 91.1 cm³/mol. The standard InChI is InChI=1S/C17H14BrN3O2/c18-15-7-5-13(6-8-15)11-17(22)21-20-12-14-3-1-2-4-16(14)23-10-9-19/h1-8,12H,10-11H2,(H,21,22)/b20-12-. The maximum absolute atomic E-state index is 11.8. The van der Waals surface area contributed by atoms with Gasteiger partial charge in [0.1, 0.15) is 11.8 Å². The number of nitrogens with one attached hydrogen (secondary N) is 1. The molecule has 0 aliphatic rings. The van der Waals surface area contributed by atoms with Crippen molar-refractivity contribution in [1.82, 2.24) is 5.43 Å². The van der Waals surface area contributed by atoms with Crippen molar-refractivity contribution in [2.75, 3.05) is 6.61 Å². The Morgan fingerprint density at radius 1 is 1.26 bits per heavy atom. The van der Waals surface area contributed by atoms with Gasteiger partial charge in [0, 0.05) is 10.0 Å². The van der Waals surface area contributed by atoms with Crippen molar-refractivity contribution in [2.24, 2.45) is 5.10 Å². The van der Waals surface area contributed by atoms with Crippen molar-refractivity contribution in [3.05, 3.63) is 64.1 Å². The Morgan fingerprint density at radius 2 is 2.00 bits per heavy atom. The van der Waals surface area contributed by atoms with Gasteiger partial charge in [0.2, 0.25) is 5.91 Å². The monoisotopic (exact) mass is 371 g/mol. The van der Waals surface area contributed by atoms with Gasteiger partial charge >= 0.3 is 0 Å². The Morgan fingerprint density at radius 3 is 2.74 bits per heavy atom. The highest BCUT2D eigenvalue weighted by Crippen LogP contribution is 2.15. The number of carbonyl (C=O) groups excluding carboxylic acids is 1. The molecule has 0 spiro atoms. The van der Waals surface area contributed by atoms with E-state index in [-0.39, 0.29) is 18.9 Å². The Balaban J connectivity index is 1.92. The minimum atomic E-state index is -0.209. The van der Waals surface area contributed by atoms with Crippen LogP contribution in [0.3, 0.4) is 0 Å². The van der Waals surface area contributed by atoms with Crippen LogP contribution in [0.15, 0.2) is 58.1 Å². The third-order valence-corrected chi connectivity index (χ3v) is 3.41. The number of hydrogen-bond donors (Lipinski definition) is 1. The van der Waals surface area contributed by atoms with Crippen LogP contribution in [0.4, 0.5) is 0 Å². The van der Waals surface area contributed by atoms with E-state index < -0.39 is 0 Å². The van der Waals surface area contributed by atoms with Gasteiger partial charge in [-0.05, 0) is 29.8 Å². The number of ether oxygens (including phenoxy) is 1. The average molecular weight is 372 g/mol. The minimum Gasteiger partial charge on any atom is -0.478 e. The van der Waals surface area contributed by atoms with Crippen LogP contribution in [0.5, 0.6) is 5.75 Å². The van der Waals surface area contributed by atoms with Crippen molar-refractivity contribution in [3.8, 4) is 11.8 Å². The zero-order valence-corrected chi connectivity index (χ0v) is 13.8. The molecular formula is C17H14BrN3O2. The molecule has 23 heavy (non-hydrogen) atoms. The van der Waals surface area contributed by atoms with Crippen LogP contribution in [0.1, 0.15) is 11.1 Å². The van der Waals surface area contributed by atoms with Crippen LogP contribution < -0.4 is 10.2 Å². The highest BCUT2D eigenvalue weighted by Gasteiger charge is 2.03. The summed E-state index contributed by atoms with van der Waals surface area (Å²) in [7, 11) is 0. The van der Waals surface area contributed by atoms with E-state index in [9.17, 15) is 4.79 Å². The van der Waals surface area contributed by atoms with E-state index in [2.05, 4.69) is 26.5 Å². The number of nitriles is 1. The summed E-state index contributed by atoms with van der Waals surface area (Å²) in [6.07, 6.45) is 1.74. The number of carbonyl (C=O) groups is 1. The molecule has 0 fully saturated rings. The summed E-state index contributed by atoms with van der Waals surface area (Å²) in [5.41, 5.74) is 4.06. The van der Waals surface area contributed by atoms with Crippen LogP contribution in [0.2, 0.25) is 0 Å². The number of hydrazone groups is 1. The number of amides is 1. The lowest BCUT2D eigenvalue weighted by molar-refractivity contribution is -0.120. The molecule has 2 rings (SSSR count). The quantitative estimate of drug-likeness (QED) is 0.626. The van der Waals surface area contributed by atoms with Crippen LogP contribution >= 0.6 is 15.9 Å². The van der Waals surface area contributed by atoms with Gasteiger partial charge in [-0.3, -0.25) is 4.79 Å². The lowest BCUT2D eigenvalue weighted by atomic mass is 10.1. The molecule has 0 bridgehead atoms. The first-order chi connectivity index (χ1) is 11.2.